The molecule has 0 radical (unpaired) electrons. The van der Waals surface area contributed by atoms with E-state index in [1.807, 2.05) is 24.3 Å². The van der Waals surface area contributed by atoms with E-state index in [0.29, 0.717) is 0 Å². The molecule has 2 unspecified atom stereocenters. The minimum atomic E-state index is -3.04. The predicted molar refractivity (Wildman–Crippen MR) is 130 cm³/mol. The Balaban J connectivity index is 1.82. The zero-order chi connectivity index (χ0) is 21.5. The van der Waals surface area contributed by atoms with E-state index in [2.05, 4.69) is 111 Å². The Labute approximate surface area is 186 Å². The van der Waals surface area contributed by atoms with E-state index in [0.717, 1.165) is 21.5 Å². The highest BCUT2D eigenvalue weighted by molar-refractivity contribution is 6.92. The zero-order valence-electron chi connectivity index (χ0n) is 18.0. The lowest BCUT2D eigenvalue weighted by molar-refractivity contribution is 0.110. The van der Waals surface area contributed by atoms with Gasteiger partial charge in [-0.15, -0.1) is 0 Å². The maximum absolute atomic E-state index is 7.01. The molecule has 4 rings (SSSR count). The Morgan fingerprint density at radius 2 is 0.742 bits per heavy atom. The summed E-state index contributed by atoms with van der Waals surface area (Å²) in [6, 6.07) is 41.6. The van der Waals surface area contributed by atoms with Gasteiger partial charge in [-0.2, -0.15) is 0 Å². The molecule has 0 saturated heterocycles. The standard InChI is InChI=1S/C28H28O2Si/c1-23(25-15-7-3-8-16-25)29-31(27-19-11-5-12-20-27,28-21-13-6-14-22-28)30-24(2)26-17-9-4-10-18-26/h3-24H,1-2H3. The van der Waals surface area contributed by atoms with E-state index >= 15 is 0 Å². The third-order valence-corrected chi connectivity index (χ3v) is 9.09. The summed E-state index contributed by atoms with van der Waals surface area (Å²) in [5.41, 5.74) is 2.28. The van der Waals surface area contributed by atoms with E-state index < -0.39 is 8.56 Å². The van der Waals surface area contributed by atoms with E-state index in [1.165, 1.54) is 0 Å². The minimum absolute atomic E-state index is 0.115. The van der Waals surface area contributed by atoms with Gasteiger partial charge in [0, 0.05) is 0 Å². The lowest BCUT2D eigenvalue weighted by Crippen LogP contribution is -2.63. The maximum atomic E-state index is 7.01. The van der Waals surface area contributed by atoms with Crippen LogP contribution < -0.4 is 10.4 Å². The molecule has 0 bridgehead atoms. The number of hydrogen-bond donors (Lipinski definition) is 0. The summed E-state index contributed by atoms with van der Waals surface area (Å²) >= 11 is 0. The maximum Gasteiger partial charge on any atom is 0.408 e. The van der Waals surface area contributed by atoms with Crippen LogP contribution in [-0.4, -0.2) is 8.56 Å². The molecule has 0 fully saturated rings. The number of rotatable bonds is 8. The molecule has 0 amide bonds. The Bertz CT molecular complexity index is 964. The van der Waals surface area contributed by atoms with Crippen LogP contribution in [0.25, 0.3) is 0 Å². The van der Waals surface area contributed by atoms with Gasteiger partial charge in [-0.05, 0) is 35.3 Å². The van der Waals surface area contributed by atoms with Gasteiger partial charge in [0.1, 0.15) is 0 Å². The Kier molecular flexibility index (Phi) is 6.78. The lowest BCUT2D eigenvalue weighted by Gasteiger charge is -2.36. The second-order valence-corrected chi connectivity index (χ2v) is 10.5. The topological polar surface area (TPSA) is 18.5 Å². The van der Waals surface area contributed by atoms with Crippen molar-refractivity contribution in [1.29, 1.82) is 0 Å². The summed E-state index contributed by atoms with van der Waals surface area (Å²) in [6.45, 7) is 4.22. The minimum Gasteiger partial charge on any atom is -0.381 e. The Morgan fingerprint density at radius 3 is 1.06 bits per heavy atom. The van der Waals surface area contributed by atoms with Gasteiger partial charge in [0.25, 0.3) is 0 Å². The smallest absolute Gasteiger partial charge is 0.381 e. The van der Waals surface area contributed by atoms with Crippen molar-refractivity contribution in [2.75, 3.05) is 0 Å². The molecule has 156 valence electrons. The summed E-state index contributed by atoms with van der Waals surface area (Å²) in [5, 5.41) is 2.21. The van der Waals surface area contributed by atoms with Gasteiger partial charge >= 0.3 is 8.56 Å². The quantitative estimate of drug-likeness (QED) is 0.333. The molecule has 2 nitrogen and oxygen atoms in total. The summed E-state index contributed by atoms with van der Waals surface area (Å²) in [7, 11) is -3.04. The largest absolute Gasteiger partial charge is 0.408 e. The highest BCUT2D eigenvalue weighted by Gasteiger charge is 2.45. The summed E-state index contributed by atoms with van der Waals surface area (Å²) < 4.78 is 14.0. The number of benzene rings is 4. The zero-order valence-corrected chi connectivity index (χ0v) is 19.0. The molecule has 0 spiro atoms. The fourth-order valence-corrected chi connectivity index (χ4v) is 7.33. The third-order valence-electron chi connectivity index (χ3n) is 5.53. The number of hydrogen-bond acceptors (Lipinski definition) is 2. The third kappa shape index (κ3) is 4.85. The van der Waals surface area contributed by atoms with E-state index in [9.17, 15) is 0 Å². The van der Waals surface area contributed by atoms with Crippen LogP contribution in [0.15, 0.2) is 121 Å². The van der Waals surface area contributed by atoms with Crippen LogP contribution in [0.4, 0.5) is 0 Å². The van der Waals surface area contributed by atoms with Gasteiger partial charge in [0.15, 0.2) is 0 Å². The molecule has 31 heavy (non-hydrogen) atoms. The van der Waals surface area contributed by atoms with Crippen LogP contribution in [-0.2, 0) is 8.85 Å². The molecule has 3 heteroatoms. The van der Waals surface area contributed by atoms with Crippen molar-refractivity contribution < 1.29 is 8.85 Å². The summed E-state index contributed by atoms with van der Waals surface area (Å²) in [6.07, 6.45) is -0.229. The van der Waals surface area contributed by atoms with Crippen molar-refractivity contribution >= 4 is 18.9 Å². The summed E-state index contributed by atoms with van der Waals surface area (Å²) in [5.74, 6) is 0. The SMILES string of the molecule is CC(O[Si](OC(C)c1ccccc1)(c1ccccc1)c1ccccc1)c1ccccc1. The average Bonchev–Trinajstić information content (AvgIpc) is 2.85. The Hall–Kier alpha value is -2.98. The molecular weight excluding hydrogens is 396 g/mol. The van der Waals surface area contributed by atoms with Crippen molar-refractivity contribution in [2.24, 2.45) is 0 Å². The highest BCUT2D eigenvalue weighted by atomic mass is 28.4. The van der Waals surface area contributed by atoms with Crippen LogP contribution >= 0.6 is 0 Å². The molecule has 4 aromatic rings. The lowest BCUT2D eigenvalue weighted by atomic mass is 10.1. The van der Waals surface area contributed by atoms with Gasteiger partial charge in [-0.25, -0.2) is 0 Å². The van der Waals surface area contributed by atoms with Crippen LogP contribution in [0.3, 0.4) is 0 Å². The van der Waals surface area contributed by atoms with Crippen LogP contribution in [0.1, 0.15) is 37.2 Å². The Morgan fingerprint density at radius 1 is 0.452 bits per heavy atom. The van der Waals surface area contributed by atoms with Gasteiger partial charge in [0.05, 0.1) is 12.2 Å². The normalized spacial score (nSPS) is 13.5. The predicted octanol–water partition coefficient (Wildman–Crippen LogP) is 5.80. The molecule has 2 atom stereocenters. The van der Waals surface area contributed by atoms with Gasteiger partial charge in [-0.3, -0.25) is 0 Å². The molecule has 0 aliphatic heterocycles. The molecule has 0 aromatic heterocycles. The van der Waals surface area contributed by atoms with Crippen molar-refractivity contribution in [3.8, 4) is 0 Å². The fraction of sp³-hybridized carbons (Fsp3) is 0.143. The van der Waals surface area contributed by atoms with Crippen LogP contribution in [0, 0.1) is 0 Å². The van der Waals surface area contributed by atoms with Crippen molar-refractivity contribution in [3.05, 3.63) is 132 Å². The summed E-state index contributed by atoms with van der Waals surface area (Å²) in [4.78, 5) is 0. The first-order chi connectivity index (χ1) is 15.2. The fourth-order valence-electron chi connectivity index (χ4n) is 3.86. The monoisotopic (exact) mass is 424 g/mol. The molecule has 0 heterocycles. The van der Waals surface area contributed by atoms with Crippen molar-refractivity contribution in [3.63, 3.8) is 0 Å². The van der Waals surface area contributed by atoms with E-state index in [-0.39, 0.29) is 12.2 Å². The molecule has 0 N–H and O–H groups in total. The van der Waals surface area contributed by atoms with Gasteiger partial charge in [0.2, 0.25) is 0 Å². The first kappa shape index (κ1) is 21.3. The molecule has 0 saturated carbocycles. The van der Waals surface area contributed by atoms with Crippen molar-refractivity contribution in [1.82, 2.24) is 0 Å². The molecular formula is C28H28O2Si. The molecule has 0 aliphatic carbocycles. The van der Waals surface area contributed by atoms with Gasteiger partial charge in [-0.1, -0.05) is 121 Å². The van der Waals surface area contributed by atoms with Gasteiger partial charge < -0.3 is 8.85 Å². The first-order valence-corrected chi connectivity index (χ1v) is 12.6. The second-order valence-electron chi connectivity index (χ2n) is 7.69. The van der Waals surface area contributed by atoms with Crippen LogP contribution in [0.2, 0.25) is 0 Å². The first-order valence-electron chi connectivity index (χ1n) is 10.8. The molecule has 4 aromatic carbocycles. The second kappa shape index (κ2) is 9.88. The average molecular weight is 425 g/mol. The van der Waals surface area contributed by atoms with Crippen molar-refractivity contribution in [2.45, 2.75) is 26.1 Å². The van der Waals surface area contributed by atoms with E-state index in [4.69, 9.17) is 8.85 Å². The highest BCUT2D eigenvalue weighted by Crippen LogP contribution is 2.28. The molecule has 0 aliphatic rings. The van der Waals surface area contributed by atoms with E-state index in [1.54, 1.807) is 0 Å². The van der Waals surface area contributed by atoms with Crippen LogP contribution in [0.5, 0.6) is 0 Å².